The van der Waals surface area contributed by atoms with E-state index in [1.54, 1.807) is 19.2 Å². The van der Waals surface area contributed by atoms with Gasteiger partial charge in [0.15, 0.2) is 0 Å². The fourth-order valence-corrected chi connectivity index (χ4v) is 3.26. The molecular weight excluding hydrogens is 334 g/mol. The Bertz CT molecular complexity index is 769. The lowest BCUT2D eigenvalue weighted by Crippen LogP contribution is -2.23. The van der Waals surface area contributed by atoms with Gasteiger partial charge in [-0.15, -0.1) is 0 Å². The van der Waals surface area contributed by atoms with Crippen LogP contribution in [0.1, 0.15) is 41.9 Å². The van der Waals surface area contributed by atoms with Crippen molar-refractivity contribution in [1.29, 1.82) is 0 Å². The quantitative estimate of drug-likeness (QED) is 0.661. The van der Waals surface area contributed by atoms with Gasteiger partial charge in [0.25, 0.3) is 0 Å². The molecule has 0 bridgehead atoms. The Hall–Kier alpha value is -2.38. The summed E-state index contributed by atoms with van der Waals surface area (Å²) in [4.78, 5) is 0. The highest BCUT2D eigenvalue weighted by atomic mass is 19.3. The van der Waals surface area contributed by atoms with E-state index in [9.17, 15) is 8.78 Å². The Balaban J connectivity index is 1.60. The van der Waals surface area contributed by atoms with Crippen molar-refractivity contribution < 1.29 is 18.3 Å². The summed E-state index contributed by atoms with van der Waals surface area (Å²) in [5.74, 6) is 7.74. The maximum absolute atomic E-state index is 12.2. The average molecular weight is 356 g/mol. The summed E-state index contributed by atoms with van der Waals surface area (Å²) in [6.07, 6.45) is 3.56. The normalized spacial score (nSPS) is 18.8. The molecule has 0 aromatic heterocycles. The van der Waals surface area contributed by atoms with Gasteiger partial charge in [0, 0.05) is 24.8 Å². The van der Waals surface area contributed by atoms with Gasteiger partial charge in [0.2, 0.25) is 0 Å². The second-order valence-corrected chi connectivity index (χ2v) is 6.59. The smallest absolute Gasteiger partial charge is 0.387 e. The molecule has 2 nitrogen and oxygen atoms in total. The number of benzene rings is 2. The van der Waals surface area contributed by atoms with Crippen molar-refractivity contribution in [3.05, 3.63) is 65.2 Å². The third-order valence-electron chi connectivity index (χ3n) is 4.75. The maximum atomic E-state index is 12.2. The molecule has 1 saturated carbocycles. The summed E-state index contributed by atoms with van der Waals surface area (Å²) in [5.41, 5.74) is 3.07. The third-order valence-corrected chi connectivity index (χ3v) is 4.75. The number of alkyl halides is 2. The number of ether oxygens (including phenoxy) is 2. The van der Waals surface area contributed by atoms with E-state index in [1.807, 2.05) is 12.1 Å². The predicted molar refractivity (Wildman–Crippen MR) is 97.5 cm³/mol. The van der Waals surface area contributed by atoms with Crippen molar-refractivity contribution in [2.45, 2.75) is 31.8 Å². The molecule has 1 aliphatic rings. The van der Waals surface area contributed by atoms with Crippen molar-refractivity contribution in [3.63, 3.8) is 0 Å². The van der Waals surface area contributed by atoms with Crippen LogP contribution in [0.2, 0.25) is 0 Å². The zero-order valence-electron chi connectivity index (χ0n) is 14.8. The number of hydrogen-bond acceptors (Lipinski definition) is 2. The molecule has 0 atom stereocenters. The first kappa shape index (κ1) is 18.4. The molecule has 3 rings (SSSR count). The van der Waals surface area contributed by atoms with Gasteiger partial charge in [-0.1, -0.05) is 24.0 Å². The highest BCUT2D eigenvalue weighted by Gasteiger charge is 2.29. The molecular formula is C22H22F2O2. The van der Waals surface area contributed by atoms with Gasteiger partial charge in [-0.2, -0.15) is 8.78 Å². The van der Waals surface area contributed by atoms with Gasteiger partial charge < -0.3 is 9.47 Å². The van der Waals surface area contributed by atoms with E-state index < -0.39 is 6.61 Å². The topological polar surface area (TPSA) is 18.5 Å². The second-order valence-electron chi connectivity index (χ2n) is 6.59. The molecule has 2 aromatic rings. The van der Waals surface area contributed by atoms with Gasteiger partial charge in [0.1, 0.15) is 5.75 Å². The molecule has 0 saturated heterocycles. The van der Waals surface area contributed by atoms with E-state index in [0.29, 0.717) is 5.92 Å². The van der Waals surface area contributed by atoms with E-state index in [0.717, 1.165) is 30.1 Å². The van der Waals surface area contributed by atoms with E-state index in [1.165, 1.54) is 30.5 Å². The maximum Gasteiger partial charge on any atom is 0.387 e. The molecule has 0 aliphatic heterocycles. The van der Waals surface area contributed by atoms with Crippen molar-refractivity contribution >= 4 is 0 Å². The largest absolute Gasteiger partial charge is 0.435 e. The van der Waals surface area contributed by atoms with Gasteiger partial charge in [0.05, 0.1) is 0 Å². The van der Waals surface area contributed by atoms with Gasteiger partial charge >= 0.3 is 6.61 Å². The minimum atomic E-state index is -2.81. The summed E-state index contributed by atoms with van der Waals surface area (Å²) < 4.78 is 33.8. The van der Waals surface area contributed by atoms with Crippen LogP contribution in [0, 0.1) is 17.8 Å². The third kappa shape index (κ3) is 5.06. The minimum absolute atomic E-state index is 0.139. The number of methoxy groups -OCH3 is 1. The van der Waals surface area contributed by atoms with Crippen molar-refractivity contribution in [2.24, 2.45) is 5.92 Å². The molecule has 0 unspecified atom stereocenters. The van der Waals surface area contributed by atoms with Crippen LogP contribution < -0.4 is 4.74 Å². The van der Waals surface area contributed by atoms with E-state index in [2.05, 4.69) is 28.7 Å². The molecule has 0 spiro atoms. The minimum Gasteiger partial charge on any atom is -0.435 e. The Morgan fingerprint density at radius 3 is 2.46 bits per heavy atom. The summed E-state index contributed by atoms with van der Waals surface area (Å²) in [6, 6.07) is 14.7. The van der Waals surface area contributed by atoms with Crippen LogP contribution in [-0.4, -0.2) is 20.3 Å². The van der Waals surface area contributed by atoms with Crippen LogP contribution in [0.5, 0.6) is 5.75 Å². The van der Waals surface area contributed by atoms with Gasteiger partial charge in [-0.25, -0.2) is 0 Å². The second kappa shape index (κ2) is 8.82. The summed E-state index contributed by atoms with van der Waals surface area (Å²) in [5, 5.41) is 0. The highest BCUT2D eigenvalue weighted by molar-refractivity contribution is 5.45. The van der Waals surface area contributed by atoms with Gasteiger partial charge in [-0.3, -0.25) is 0 Å². The Kier molecular flexibility index (Phi) is 6.25. The number of halogens is 2. The lowest BCUT2D eigenvalue weighted by Gasteiger charge is -2.35. The summed E-state index contributed by atoms with van der Waals surface area (Å²) in [6.45, 7) is -1.97. The van der Waals surface area contributed by atoms with Crippen LogP contribution in [0.15, 0.2) is 48.5 Å². The fourth-order valence-electron chi connectivity index (χ4n) is 3.26. The van der Waals surface area contributed by atoms with Crippen molar-refractivity contribution in [1.82, 2.24) is 0 Å². The Morgan fingerprint density at radius 1 is 1.04 bits per heavy atom. The molecule has 0 amide bonds. The van der Waals surface area contributed by atoms with Crippen LogP contribution in [0.3, 0.4) is 0 Å². The van der Waals surface area contributed by atoms with E-state index in [4.69, 9.17) is 4.74 Å². The number of rotatable bonds is 6. The molecule has 0 N–H and O–H groups in total. The average Bonchev–Trinajstić information content (AvgIpc) is 2.60. The van der Waals surface area contributed by atoms with Crippen LogP contribution in [0.4, 0.5) is 8.78 Å². The zero-order chi connectivity index (χ0) is 18.4. The Labute approximate surface area is 153 Å². The Morgan fingerprint density at radius 2 is 1.77 bits per heavy atom. The van der Waals surface area contributed by atoms with Crippen LogP contribution in [0.25, 0.3) is 0 Å². The molecule has 4 heteroatoms. The highest BCUT2D eigenvalue weighted by Crippen LogP contribution is 2.43. The first-order valence-electron chi connectivity index (χ1n) is 8.80. The number of hydrogen-bond donors (Lipinski definition) is 0. The zero-order valence-corrected chi connectivity index (χ0v) is 14.8. The molecule has 1 aliphatic carbocycles. The molecule has 0 radical (unpaired) electrons. The van der Waals surface area contributed by atoms with Crippen LogP contribution in [-0.2, 0) is 4.74 Å². The summed E-state index contributed by atoms with van der Waals surface area (Å²) in [7, 11) is 1.75. The molecule has 0 heterocycles. The molecule has 26 heavy (non-hydrogen) atoms. The van der Waals surface area contributed by atoms with E-state index in [-0.39, 0.29) is 5.75 Å². The first-order chi connectivity index (χ1) is 12.6. The predicted octanol–water partition coefficient (Wildman–Crippen LogP) is 5.22. The van der Waals surface area contributed by atoms with Crippen molar-refractivity contribution in [2.75, 3.05) is 13.7 Å². The lowest BCUT2D eigenvalue weighted by atomic mass is 9.70. The lowest BCUT2D eigenvalue weighted by molar-refractivity contribution is -0.0498. The standard InChI is InChI=1S/C22H22F2O2/c1-25-12-11-18-14-20(15-18)19-4-2-3-17(13-19)6-5-16-7-9-21(10-8-16)26-22(23)24/h2-4,7-10,13,18,20,22H,11-12,14-15H2,1H3. The summed E-state index contributed by atoms with van der Waals surface area (Å²) >= 11 is 0. The molecule has 2 aromatic carbocycles. The van der Waals surface area contributed by atoms with Gasteiger partial charge in [-0.05, 0) is 73.1 Å². The fraction of sp³-hybridized carbons (Fsp3) is 0.364. The monoisotopic (exact) mass is 356 g/mol. The SMILES string of the molecule is COCCC1CC(c2cccc(C#Cc3ccc(OC(F)F)cc3)c2)C1. The van der Waals surface area contributed by atoms with Crippen LogP contribution >= 0.6 is 0 Å². The first-order valence-corrected chi connectivity index (χ1v) is 8.80. The van der Waals surface area contributed by atoms with E-state index >= 15 is 0 Å². The molecule has 1 fully saturated rings. The molecule has 136 valence electrons. The van der Waals surface area contributed by atoms with Crippen molar-refractivity contribution in [3.8, 4) is 17.6 Å².